The Morgan fingerprint density at radius 3 is 2.60 bits per heavy atom. The fourth-order valence-corrected chi connectivity index (χ4v) is 3.24. The SMILES string of the molecule is CC1(C)[C@H]2CC[C@@]1(C)[C@H](C(=O)O)NC2=O. The molecule has 4 heteroatoms. The van der Waals surface area contributed by atoms with Gasteiger partial charge in [-0.05, 0) is 18.3 Å². The zero-order valence-electron chi connectivity index (χ0n) is 9.33. The summed E-state index contributed by atoms with van der Waals surface area (Å²) in [6.07, 6.45) is 1.61. The van der Waals surface area contributed by atoms with Crippen molar-refractivity contribution in [2.45, 2.75) is 39.7 Å². The molecule has 84 valence electrons. The number of hydrogen-bond acceptors (Lipinski definition) is 2. The number of carbonyl (C=O) groups excluding carboxylic acids is 1. The van der Waals surface area contributed by atoms with E-state index in [1.54, 1.807) is 0 Å². The van der Waals surface area contributed by atoms with Crippen LogP contribution in [0.2, 0.25) is 0 Å². The van der Waals surface area contributed by atoms with Gasteiger partial charge in [0, 0.05) is 11.3 Å². The first-order valence-corrected chi connectivity index (χ1v) is 5.34. The summed E-state index contributed by atoms with van der Waals surface area (Å²) < 4.78 is 0. The molecule has 1 saturated carbocycles. The Morgan fingerprint density at radius 1 is 1.47 bits per heavy atom. The summed E-state index contributed by atoms with van der Waals surface area (Å²) in [7, 11) is 0. The molecule has 0 aromatic heterocycles. The van der Waals surface area contributed by atoms with Crippen LogP contribution in [0.3, 0.4) is 0 Å². The second-order valence-electron chi connectivity index (χ2n) is 5.51. The molecule has 0 spiro atoms. The standard InChI is InChI=1S/C11H17NO3/c1-10(2)6-4-5-11(10,3)7(9(14)15)12-8(6)13/h6-7H,4-5H2,1-3H3,(H,12,13)(H,14,15)/t6-,7-,11-/m0/s1. The summed E-state index contributed by atoms with van der Waals surface area (Å²) in [4.78, 5) is 22.9. The van der Waals surface area contributed by atoms with E-state index >= 15 is 0 Å². The first-order chi connectivity index (χ1) is 6.80. The molecule has 1 heterocycles. The first kappa shape index (κ1) is 10.5. The molecule has 2 N–H and O–H groups in total. The average Bonchev–Trinajstić information content (AvgIpc) is 2.28. The molecule has 0 radical (unpaired) electrons. The van der Waals surface area contributed by atoms with Crippen LogP contribution in [0, 0.1) is 16.7 Å². The number of carboxylic acid groups (broad SMARTS) is 1. The van der Waals surface area contributed by atoms with Gasteiger partial charge in [0.15, 0.2) is 0 Å². The van der Waals surface area contributed by atoms with Crippen molar-refractivity contribution in [3.05, 3.63) is 0 Å². The highest BCUT2D eigenvalue weighted by molar-refractivity contribution is 5.89. The lowest BCUT2D eigenvalue weighted by molar-refractivity contribution is -0.155. The molecule has 2 aliphatic rings. The van der Waals surface area contributed by atoms with Gasteiger partial charge in [0.25, 0.3) is 0 Å². The van der Waals surface area contributed by atoms with Gasteiger partial charge in [-0.3, -0.25) is 4.79 Å². The van der Waals surface area contributed by atoms with Gasteiger partial charge in [0.05, 0.1) is 0 Å². The number of nitrogens with one attached hydrogen (secondary N) is 1. The highest BCUT2D eigenvalue weighted by Gasteiger charge is 2.63. The van der Waals surface area contributed by atoms with Crippen molar-refractivity contribution in [2.24, 2.45) is 16.7 Å². The Kier molecular flexibility index (Phi) is 1.91. The summed E-state index contributed by atoms with van der Waals surface area (Å²) >= 11 is 0. The number of fused-ring (bicyclic) bond motifs is 2. The first-order valence-electron chi connectivity index (χ1n) is 5.34. The van der Waals surface area contributed by atoms with Crippen molar-refractivity contribution in [1.29, 1.82) is 0 Å². The van der Waals surface area contributed by atoms with E-state index in [-0.39, 0.29) is 22.7 Å². The summed E-state index contributed by atoms with van der Waals surface area (Å²) in [5.74, 6) is -1.04. The van der Waals surface area contributed by atoms with Crippen molar-refractivity contribution < 1.29 is 14.7 Å². The average molecular weight is 211 g/mol. The Morgan fingerprint density at radius 2 is 2.07 bits per heavy atom. The van der Waals surface area contributed by atoms with Gasteiger partial charge < -0.3 is 10.4 Å². The zero-order valence-corrected chi connectivity index (χ0v) is 9.33. The molecule has 2 fully saturated rings. The van der Waals surface area contributed by atoms with E-state index in [0.29, 0.717) is 0 Å². The quantitative estimate of drug-likeness (QED) is 0.680. The van der Waals surface area contributed by atoms with Crippen molar-refractivity contribution in [3.63, 3.8) is 0 Å². The molecular formula is C11H17NO3. The topological polar surface area (TPSA) is 66.4 Å². The molecule has 1 aliphatic heterocycles. The van der Waals surface area contributed by atoms with E-state index < -0.39 is 12.0 Å². The summed E-state index contributed by atoms with van der Waals surface area (Å²) in [6.45, 7) is 6.00. The van der Waals surface area contributed by atoms with Crippen molar-refractivity contribution in [2.75, 3.05) is 0 Å². The lowest BCUT2D eigenvalue weighted by Crippen LogP contribution is -2.62. The minimum Gasteiger partial charge on any atom is -0.480 e. The maximum absolute atomic E-state index is 11.8. The minimum absolute atomic E-state index is 0.0295. The molecule has 3 atom stereocenters. The summed E-state index contributed by atoms with van der Waals surface area (Å²) in [5.41, 5.74) is -0.546. The molecule has 2 bridgehead atoms. The zero-order chi connectivity index (χ0) is 11.4. The normalized spacial score (nSPS) is 42.5. The number of rotatable bonds is 1. The third-order valence-corrected chi connectivity index (χ3v) is 4.78. The van der Waals surface area contributed by atoms with Gasteiger partial charge in [0.2, 0.25) is 5.91 Å². The van der Waals surface area contributed by atoms with Gasteiger partial charge in [-0.2, -0.15) is 0 Å². The molecule has 4 nitrogen and oxygen atoms in total. The largest absolute Gasteiger partial charge is 0.480 e. The van der Waals surface area contributed by atoms with Gasteiger partial charge in [0.1, 0.15) is 6.04 Å². The molecule has 1 amide bonds. The summed E-state index contributed by atoms with van der Waals surface area (Å²) in [5, 5.41) is 11.8. The van der Waals surface area contributed by atoms with Crippen LogP contribution in [-0.2, 0) is 9.59 Å². The summed E-state index contributed by atoms with van der Waals surface area (Å²) in [6, 6.07) is -0.737. The number of aliphatic carboxylic acids is 1. The fourth-order valence-electron chi connectivity index (χ4n) is 3.24. The van der Waals surface area contributed by atoms with Crippen LogP contribution in [0.1, 0.15) is 33.6 Å². The monoisotopic (exact) mass is 211 g/mol. The van der Waals surface area contributed by atoms with Crippen molar-refractivity contribution >= 4 is 11.9 Å². The van der Waals surface area contributed by atoms with Crippen molar-refractivity contribution in [1.82, 2.24) is 5.32 Å². The molecule has 0 aromatic rings. The molecule has 15 heavy (non-hydrogen) atoms. The van der Waals surface area contributed by atoms with Crippen LogP contribution >= 0.6 is 0 Å². The number of amides is 1. The maximum Gasteiger partial charge on any atom is 0.326 e. The molecule has 1 aliphatic carbocycles. The number of carbonyl (C=O) groups is 2. The fraction of sp³-hybridized carbons (Fsp3) is 0.818. The lowest BCUT2D eigenvalue weighted by atomic mass is 9.59. The third-order valence-electron chi connectivity index (χ3n) is 4.78. The van der Waals surface area contributed by atoms with Crippen molar-refractivity contribution in [3.8, 4) is 0 Å². The second-order valence-corrected chi connectivity index (χ2v) is 5.51. The predicted molar refractivity (Wildman–Crippen MR) is 54.2 cm³/mol. The number of hydrogen-bond donors (Lipinski definition) is 2. The van der Waals surface area contributed by atoms with Crippen LogP contribution in [0.15, 0.2) is 0 Å². The number of piperidine rings is 1. The van der Waals surface area contributed by atoms with E-state index in [9.17, 15) is 9.59 Å². The van der Waals surface area contributed by atoms with Crippen LogP contribution in [-0.4, -0.2) is 23.0 Å². The van der Waals surface area contributed by atoms with Crippen LogP contribution in [0.5, 0.6) is 0 Å². The Balaban J connectivity index is 2.48. The Bertz CT molecular complexity index is 337. The van der Waals surface area contributed by atoms with Gasteiger partial charge >= 0.3 is 5.97 Å². The van der Waals surface area contributed by atoms with E-state index in [2.05, 4.69) is 5.32 Å². The minimum atomic E-state index is -0.917. The van der Waals surface area contributed by atoms with Gasteiger partial charge in [-0.15, -0.1) is 0 Å². The van der Waals surface area contributed by atoms with Crippen LogP contribution in [0.25, 0.3) is 0 Å². The highest BCUT2D eigenvalue weighted by atomic mass is 16.4. The van der Waals surface area contributed by atoms with Crippen LogP contribution < -0.4 is 5.32 Å². The molecule has 2 rings (SSSR count). The van der Waals surface area contributed by atoms with E-state index in [0.717, 1.165) is 12.8 Å². The molecule has 1 saturated heterocycles. The smallest absolute Gasteiger partial charge is 0.326 e. The highest BCUT2D eigenvalue weighted by Crippen LogP contribution is 2.59. The van der Waals surface area contributed by atoms with Crippen LogP contribution in [0.4, 0.5) is 0 Å². The second kappa shape index (κ2) is 2.74. The number of carboxylic acids is 1. The van der Waals surface area contributed by atoms with E-state index in [4.69, 9.17) is 5.11 Å². The lowest BCUT2D eigenvalue weighted by Gasteiger charge is -2.48. The van der Waals surface area contributed by atoms with E-state index in [1.165, 1.54) is 0 Å². The van der Waals surface area contributed by atoms with Gasteiger partial charge in [-0.25, -0.2) is 4.79 Å². The van der Waals surface area contributed by atoms with E-state index in [1.807, 2.05) is 20.8 Å². The third kappa shape index (κ3) is 1.08. The maximum atomic E-state index is 11.8. The predicted octanol–water partition coefficient (Wildman–Crippen LogP) is 1.01. The Labute approximate surface area is 89.0 Å². The Hall–Kier alpha value is -1.06. The molecular weight excluding hydrogens is 194 g/mol. The molecule has 0 aromatic carbocycles. The van der Waals surface area contributed by atoms with Gasteiger partial charge in [-0.1, -0.05) is 20.8 Å². The molecule has 0 unspecified atom stereocenters.